The van der Waals surface area contributed by atoms with Gasteiger partial charge in [0.25, 0.3) is 0 Å². The van der Waals surface area contributed by atoms with Gasteiger partial charge >= 0.3 is 0 Å². The van der Waals surface area contributed by atoms with Crippen LogP contribution in [0, 0.1) is 5.92 Å². The average molecular weight is 463 g/mol. The Balaban J connectivity index is 1.15. The molecular weight excluding hydrogens is 432 g/mol. The van der Waals surface area contributed by atoms with Crippen LogP contribution in [0.2, 0.25) is 0 Å². The van der Waals surface area contributed by atoms with E-state index < -0.39 is 0 Å². The quantitative estimate of drug-likeness (QED) is 0.554. The van der Waals surface area contributed by atoms with Gasteiger partial charge in [-0.3, -0.25) is 9.69 Å². The number of piperidine rings is 1. The Kier molecular flexibility index (Phi) is 6.49. The zero-order chi connectivity index (χ0) is 23.5. The summed E-state index contributed by atoms with van der Waals surface area (Å²) in [5.74, 6) is 2.75. The van der Waals surface area contributed by atoms with Crippen LogP contribution in [0.1, 0.15) is 29.9 Å². The summed E-state index contributed by atoms with van der Waals surface area (Å²) in [6.07, 6.45) is 2.65. The van der Waals surface area contributed by atoms with Crippen molar-refractivity contribution >= 4 is 5.91 Å². The second-order valence-electron chi connectivity index (χ2n) is 8.91. The Labute approximate surface area is 199 Å². The van der Waals surface area contributed by atoms with Crippen LogP contribution in [-0.4, -0.2) is 59.7 Å². The lowest BCUT2D eigenvalue weighted by atomic mass is 9.93. The predicted molar refractivity (Wildman–Crippen MR) is 126 cm³/mol. The second-order valence-corrected chi connectivity index (χ2v) is 8.91. The normalized spacial score (nSPS) is 16.8. The van der Waals surface area contributed by atoms with Crippen LogP contribution in [-0.2, 0) is 24.3 Å². The fraction of sp³-hybridized carbons (Fsp3) is 0.423. The van der Waals surface area contributed by atoms with Crippen molar-refractivity contribution < 1.29 is 18.8 Å². The fourth-order valence-corrected chi connectivity index (χ4v) is 4.88. The molecule has 34 heavy (non-hydrogen) atoms. The molecule has 0 unspecified atom stereocenters. The SMILES string of the molecule is COc1ccc(-c2noc(CN3CCC(C(=O)N4CCc5ccccc5C4)CC3)n2)cc1OC. The number of aromatic nitrogens is 2. The van der Waals surface area contributed by atoms with E-state index in [-0.39, 0.29) is 5.92 Å². The highest BCUT2D eigenvalue weighted by atomic mass is 16.5. The first-order valence-electron chi connectivity index (χ1n) is 11.8. The third-order valence-electron chi connectivity index (χ3n) is 6.85. The predicted octanol–water partition coefficient (Wildman–Crippen LogP) is 3.55. The molecule has 3 aromatic rings. The van der Waals surface area contributed by atoms with Gasteiger partial charge < -0.3 is 18.9 Å². The van der Waals surface area contributed by atoms with Crippen molar-refractivity contribution in [3.05, 3.63) is 59.5 Å². The molecular formula is C26H30N4O4. The van der Waals surface area contributed by atoms with E-state index in [4.69, 9.17) is 14.0 Å². The van der Waals surface area contributed by atoms with Crippen LogP contribution < -0.4 is 9.47 Å². The molecule has 3 heterocycles. The van der Waals surface area contributed by atoms with E-state index in [1.54, 1.807) is 14.2 Å². The lowest BCUT2D eigenvalue weighted by Crippen LogP contribution is -2.44. The van der Waals surface area contributed by atoms with Gasteiger partial charge in [-0.25, -0.2) is 0 Å². The van der Waals surface area contributed by atoms with Gasteiger partial charge in [0.2, 0.25) is 17.6 Å². The van der Waals surface area contributed by atoms with E-state index in [2.05, 4.69) is 39.3 Å². The van der Waals surface area contributed by atoms with Gasteiger partial charge in [0.05, 0.1) is 20.8 Å². The number of benzene rings is 2. The van der Waals surface area contributed by atoms with Gasteiger partial charge in [0.15, 0.2) is 11.5 Å². The lowest BCUT2D eigenvalue weighted by molar-refractivity contribution is -0.138. The van der Waals surface area contributed by atoms with E-state index in [1.807, 2.05) is 23.1 Å². The molecule has 0 aliphatic carbocycles. The zero-order valence-corrected chi connectivity index (χ0v) is 19.7. The number of rotatable bonds is 6. The first kappa shape index (κ1) is 22.4. The first-order valence-corrected chi connectivity index (χ1v) is 11.8. The molecule has 0 bridgehead atoms. The van der Waals surface area contributed by atoms with Gasteiger partial charge in [-0.15, -0.1) is 0 Å². The number of hydrogen-bond donors (Lipinski definition) is 0. The molecule has 1 saturated heterocycles. The van der Waals surface area contributed by atoms with Gasteiger partial charge in [0.1, 0.15) is 0 Å². The van der Waals surface area contributed by atoms with Crippen molar-refractivity contribution in [1.82, 2.24) is 19.9 Å². The van der Waals surface area contributed by atoms with Crippen LogP contribution >= 0.6 is 0 Å². The minimum Gasteiger partial charge on any atom is -0.493 e. The topological polar surface area (TPSA) is 80.9 Å². The number of carbonyl (C=O) groups excluding carboxylic acids is 1. The zero-order valence-electron chi connectivity index (χ0n) is 19.7. The number of hydrogen-bond acceptors (Lipinski definition) is 7. The van der Waals surface area contributed by atoms with Crippen molar-refractivity contribution in [2.45, 2.75) is 32.4 Å². The molecule has 2 aliphatic heterocycles. The summed E-state index contributed by atoms with van der Waals surface area (Å²) in [6.45, 7) is 3.81. The van der Waals surface area contributed by atoms with Crippen molar-refractivity contribution in [1.29, 1.82) is 0 Å². The number of nitrogens with zero attached hydrogens (tertiary/aromatic N) is 4. The summed E-state index contributed by atoms with van der Waals surface area (Å²) >= 11 is 0. The van der Waals surface area contributed by atoms with Gasteiger partial charge in [-0.1, -0.05) is 29.4 Å². The van der Waals surface area contributed by atoms with Crippen molar-refractivity contribution in [2.75, 3.05) is 33.9 Å². The molecule has 5 rings (SSSR count). The third-order valence-corrected chi connectivity index (χ3v) is 6.85. The number of likely N-dealkylation sites (tertiary alicyclic amines) is 1. The molecule has 178 valence electrons. The van der Waals surface area contributed by atoms with E-state index in [0.29, 0.717) is 35.7 Å². The van der Waals surface area contributed by atoms with E-state index in [0.717, 1.165) is 51.0 Å². The highest BCUT2D eigenvalue weighted by molar-refractivity contribution is 5.79. The van der Waals surface area contributed by atoms with Crippen LogP contribution in [0.3, 0.4) is 0 Å². The summed E-state index contributed by atoms with van der Waals surface area (Å²) in [6, 6.07) is 14.0. The maximum Gasteiger partial charge on any atom is 0.241 e. The molecule has 2 aromatic carbocycles. The Morgan fingerprint density at radius 1 is 1.03 bits per heavy atom. The largest absolute Gasteiger partial charge is 0.493 e. The van der Waals surface area contributed by atoms with Crippen molar-refractivity contribution in [3.63, 3.8) is 0 Å². The summed E-state index contributed by atoms with van der Waals surface area (Å²) in [5, 5.41) is 4.14. The molecule has 0 radical (unpaired) electrons. The van der Waals surface area contributed by atoms with E-state index in [1.165, 1.54) is 11.1 Å². The van der Waals surface area contributed by atoms with Crippen LogP contribution in [0.15, 0.2) is 47.0 Å². The van der Waals surface area contributed by atoms with Gasteiger partial charge in [-0.2, -0.15) is 4.98 Å². The van der Waals surface area contributed by atoms with Gasteiger partial charge in [0, 0.05) is 24.6 Å². The van der Waals surface area contributed by atoms with Crippen LogP contribution in [0.25, 0.3) is 11.4 Å². The Morgan fingerprint density at radius 3 is 2.56 bits per heavy atom. The fourth-order valence-electron chi connectivity index (χ4n) is 4.88. The standard InChI is InChI=1S/C26H30N4O4/c1-32-22-8-7-20(15-23(22)33-2)25-27-24(34-28-25)17-29-12-9-19(10-13-29)26(31)30-14-11-18-5-3-4-6-21(18)16-30/h3-8,15,19H,9-14,16-17H2,1-2H3. The Bertz CT molecular complexity index is 1150. The summed E-state index contributed by atoms with van der Waals surface area (Å²) in [5.41, 5.74) is 3.45. The van der Waals surface area contributed by atoms with E-state index >= 15 is 0 Å². The van der Waals surface area contributed by atoms with E-state index in [9.17, 15) is 4.79 Å². The highest BCUT2D eigenvalue weighted by Gasteiger charge is 2.30. The molecule has 2 aliphatic rings. The molecule has 8 nitrogen and oxygen atoms in total. The summed E-state index contributed by atoms with van der Waals surface area (Å²) < 4.78 is 16.2. The molecule has 1 fully saturated rings. The molecule has 8 heteroatoms. The van der Waals surface area contributed by atoms with Crippen molar-refractivity contribution in [3.8, 4) is 22.9 Å². The Hall–Kier alpha value is -3.39. The number of methoxy groups -OCH3 is 2. The third kappa shape index (κ3) is 4.63. The van der Waals surface area contributed by atoms with Crippen molar-refractivity contribution in [2.24, 2.45) is 5.92 Å². The number of ether oxygens (including phenoxy) is 2. The molecule has 0 spiro atoms. The van der Waals surface area contributed by atoms with Crippen LogP contribution in [0.4, 0.5) is 0 Å². The number of carbonyl (C=O) groups is 1. The monoisotopic (exact) mass is 462 g/mol. The first-order chi connectivity index (χ1) is 16.6. The second kappa shape index (κ2) is 9.85. The molecule has 0 N–H and O–H groups in total. The minimum absolute atomic E-state index is 0.0894. The number of fused-ring (bicyclic) bond motifs is 1. The maximum atomic E-state index is 13.1. The molecule has 0 saturated carbocycles. The van der Waals surface area contributed by atoms with Crippen LogP contribution in [0.5, 0.6) is 11.5 Å². The number of amides is 1. The molecule has 1 aromatic heterocycles. The maximum absolute atomic E-state index is 13.1. The molecule has 1 amide bonds. The molecule has 0 atom stereocenters. The van der Waals surface area contributed by atoms with Gasteiger partial charge in [-0.05, 0) is 61.7 Å². The lowest BCUT2D eigenvalue weighted by Gasteiger charge is -2.35. The average Bonchev–Trinajstić information content (AvgIpc) is 3.36. The smallest absolute Gasteiger partial charge is 0.241 e. The minimum atomic E-state index is 0.0894. The summed E-state index contributed by atoms with van der Waals surface area (Å²) in [7, 11) is 3.20. The highest BCUT2D eigenvalue weighted by Crippen LogP contribution is 2.31. The summed E-state index contributed by atoms with van der Waals surface area (Å²) in [4.78, 5) is 22.0. The Morgan fingerprint density at radius 2 is 1.79 bits per heavy atom.